The van der Waals surface area contributed by atoms with Crippen LogP contribution in [0.3, 0.4) is 0 Å². The summed E-state index contributed by atoms with van der Waals surface area (Å²) in [4.78, 5) is 21.2. The molecule has 0 aromatic heterocycles. The molecule has 0 aliphatic heterocycles. The first-order chi connectivity index (χ1) is 6.41. The topological polar surface area (TPSA) is 152 Å². The summed E-state index contributed by atoms with van der Waals surface area (Å²) in [5.74, 6) is -2.00. The lowest BCUT2D eigenvalue weighted by Crippen LogP contribution is -2.19. The molecule has 0 unspecified atom stereocenters. The highest BCUT2D eigenvalue weighted by Gasteiger charge is 2.02. The summed E-state index contributed by atoms with van der Waals surface area (Å²) in [5, 5.41) is 13.1. The van der Waals surface area contributed by atoms with Crippen LogP contribution >= 0.6 is 0 Å². The highest BCUT2D eigenvalue weighted by Crippen LogP contribution is 1.84. The first-order valence-electron chi connectivity index (χ1n) is 3.21. The maximum Gasteiger partial charge on any atom is 0.338 e. The molecule has 0 spiro atoms. The predicted octanol–water partition coefficient (Wildman–Crippen LogP) is -1.58. The lowest BCUT2D eigenvalue weighted by Gasteiger charge is -1.96. The fraction of sp³-hybridized carbons (Fsp3) is 0. The average Bonchev–Trinajstić information content (AvgIpc) is 1.98. The number of amidine groups is 2. The smallest absolute Gasteiger partial charge is 0.338 e. The van der Waals surface area contributed by atoms with Crippen molar-refractivity contribution in [2.45, 2.75) is 0 Å². The van der Waals surface area contributed by atoms with Gasteiger partial charge in [-0.1, -0.05) is 0 Å². The summed E-state index contributed by atoms with van der Waals surface area (Å²) < 4.78 is 8.10. The Hall–Kier alpha value is -2.38. The second-order valence-corrected chi connectivity index (χ2v) is 1.90. The zero-order chi connectivity index (χ0) is 11.1. The van der Waals surface area contributed by atoms with Gasteiger partial charge in [0.15, 0.2) is 0 Å². The first kappa shape index (κ1) is 11.6. The molecule has 6 N–H and O–H groups in total. The van der Waals surface area contributed by atoms with Gasteiger partial charge >= 0.3 is 11.9 Å². The minimum Gasteiger partial charge on any atom is -0.390 e. The molecule has 14 heavy (non-hydrogen) atoms. The minimum atomic E-state index is -1.00. The van der Waals surface area contributed by atoms with E-state index in [1.54, 1.807) is 0 Å². The summed E-state index contributed by atoms with van der Waals surface area (Å²) in [5.41, 5.74) is 9.43. The van der Waals surface area contributed by atoms with Crippen molar-refractivity contribution in [3.8, 4) is 0 Å². The molecule has 0 aliphatic carbocycles. The van der Waals surface area contributed by atoms with Crippen molar-refractivity contribution in [2.75, 3.05) is 0 Å². The molecule has 8 heteroatoms. The van der Waals surface area contributed by atoms with Gasteiger partial charge in [-0.3, -0.25) is 10.8 Å². The Balaban J connectivity index is 4.04. The Morgan fingerprint density at radius 3 is 1.43 bits per heavy atom. The van der Waals surface area contributed by atoms with E-state index in [1.807, 2.05) is 0 Å². The van der Waals surface area contributed by atoms with Crippen molar-refractivity contribution in [3.63, 3.8) is 0 Å². The highest BCUT2D eigenvalue weighted by atomic mass is 16.6. The number of carbonyl (C=O) groups excluding carboxylic acids is 2. The molecule has 0 aromatic rings. The molecule has 0 aromatic carbocycles. The van der Waals surface area contributed by atoms with Gasteiger partial charge in [-0.15, -0.1) is 0 Å². The van der Waals surface area contributed by atoms with Crippen molar-refractivity contribution >= 4 is 24.0 Å². The van der Waals surface area contributed by atoms with Crippen LogP contribution < -0.4 is 11.5 Å². The van der Waals surface area contributed by atoms with E-state index in [0.29, 0.717) is 12.2 Å². The zero-order valence-corrected chi connectivity index (χ0v) is 6.94. The number of ether oxygens (including phenoxy) is 2. The van der Waals surface area contributed by atoms with E-state index >= 15 is 0 Å². The Morgan fingerprint density at radius 2 is 1.21 bits per heavy atom. The van der Waals surface area contributed by atoms with Crippen molar-refractivity contribution in [2.24, 2.45) is 11.5 Å². The van der Waals surface area contributed by atoms with Gasteiger partial charge in [0.05, 0.1) is 0 Å². The predicted molar refractivity (Wildman–Crippen MR) is 45.2 cm³/mol. The van der Waals surface area contributed by atoms with Gasteiger partial charge in [-0.05, 0) is 0 Å². The summed E-state index contributed by atoms with van der Waals surface area (Å²) in [6.07, 6.45) is 1.37. The van der Waals surface area contributed by atoms with Crippen molar-refractivity contribution < 1.29 is 19.1 Å². The van der Waals surface area contributed by atoms with E-state index in [0.717, 1.165) is 0 Å². The van der Waals surface area contributed by atoms with E-state index in [-0.39, 0.29) is 0 Å². The van der Waals surface area contributed by atoms with Crippen LogP contribution in [0.15, 0.2) is 12.2 Å². The maximum absolute atomic E-state index is 10.6. The van der Waals surface area contributed by atoms with Gasteiger partial charge < -0.3 is 20.9 Å². The average molecular weight is 200 g/mol. The second-order valence-electron chi connectivity index (χ2n) is 1.90. The largest absolute Gasteiger partial charge is 0.390 e. The zero-order valence-electron chi connectivity index (χ0n) is 6.94. The Labute approximate surface area is 78.5 Å². The third-order valence-corrected chi connectivity index (χ3v) is 0.777. The lowest BCUT2D eigenvalue weighted by molar-refractivity contribution is -0.132. The van der Waals surface area contributed by atoms with E-state index < -0.39 is 24.0 Å². The Kier molecular flexibility index (Phi) is 4.40. The van der Waals surface area contributed by atoms with Crippen molar-refractivity contribution in [1.82, 2.24) is 0 Å². The van der Waals surface area contributed by atoms with Crippen LogP contribution in [0.5, 0.6) is 0 Å². The number of hydrogen-bond acceptors (Lipinski definition) is 6. The number of rotatable bonds is 2. The van der Waals surface area contributed by atoms with E-state index in [1.165, 1.54) is 0 Å². The molecule has 0 heterocycles. The molecular weight excluding hydrogens is 192 g/mol. The fourth-order valence-electron chi connectivity index (χ4n) is 0.421. The number of esters is 2. The van der Waals surface area contributed by atoms with Gasteiger partial charge in [0, 0.05) is 12.2 Å². The normalized spacial score (nSPS) is 9.43. The molecule has 0 aliphatic rings. The van der Waals surface area contributed by atoms with Gasteiger partial charge in [0.2, 0.25) is 0 Å². The second kappa shape index (κ2) is 5.30. The van der Waals surface area contributed by atoms with Crippen molar-refractivity contribution in [1.29, 1.82) is 10.8 Å². The molecule has 0 fully saturated rings. The standard InChI is InChI=1S/C6H8N4O4/c7-5(8)13-3(11)1-2-4(12)14-6(9)10/h1-2H,(H3,7,8)(H3,9,10)/b2-1-. The molecule has 0 amide bonds. The molecule has 76 valence electrons. The van der Waals surface area contributed by atoms with Crippen LogP contribution in [0.4, 0.5) is 0 Å². The maximum atomic E-state index is 10.6. The molecule has 0 saturated heterocycles. The molecule has 0 radical (unpaired) electrons. The van der Waals surface area contributed by atoms with Crippen LogP contribution in [-0.2, 0) is 19.1 Å². The van der Waals surface area contributed by atoms with E-state index in [9.17, 15) is 9.59 Å². The van der Waals surface area contributed by atoms with Gasteiger partial charge in [0.25, 0.3) is 12.0 Å². The number of nitrogens with two attached hydrogens (primary N) is 2. The molecule has 8 nitrogen and oxygen atoms in total. The monoisotopic (exact) mass is 200 g/mol. The Morgan fingerprint density at radius 1 is 0.929 bits per heavy atom. The molecule has 0 rings (SSSR count). The summed E-state index contributed by atoms with van der Waals surface area (Å²) in [6.45, 7) is 0. The van der Waals surface area contributed by atoms with E-state index in [4.69, 9.17) is 22.3 Å². The lowest BCUT2D eigenvalue weighted by atomic mass is 10.5. The number of hydrogen-bond donors (Lipinski definition) is 4. The third kappa shape index (κ3) is 6.34. The summed E-state index contributed by atoms with van der Waals surface area (Å²) >= 11 is 0. The highest BCUT2D eigenvalue weighted by molar-refractivity contribution is 5.98. The third-order valence-electron chi connectivity index (χ3n) is 0.777. The quantitative estimate of drug-likeness (QED) is 0.182. The van der Waals surface area contributed by atoms with Gasteiger partial charge in [0.1, 0.15) is 0 Å². The van der Waals surface area contributed by atoms with Crippen LogP contribution in [0.2, 0.25) is 0 Å². The fourth-order valence-corrected chi connectivity index (χ4v) is 0.421. The first-order valence-corrected chi connectivity index (χ1v) is 3.21. The molecule has 0 atom stereocenters. The van der Waals surface area contributed by atoms with Crippen molar-refractivity contribution in [3.05, 3.63) is 12.2 Å². The van der Waals surface area contributed by atoms with Crippen LogP contribution in [0.1, 0.15) is 0 Å². The van der Waals surface area contributed by atoms with Crippen LogP contribution in [-0.4, -0.2) is 24.0 Å². The van der Waals surface area contributed by atoms with E-state index in [2.05, 4.69) is 9.47 Å². The summed E-state index contributed by atoms with van der Waals surface area (Å²) in [7, 11) is 0. The molecule has 0 bridgehead atoms. The van der Waals surface area contributed by atoms with Crippen LogP contribution in [0, 0.1) is 10.8 Å². The van der Waals surface area contributed by atoms with Gasteiger partial charge in [-0.2, -0.15) is 0 Å². The summed E-state index contributed by atoms with van der Waals surface area (Å²) in [6, 6.07) is -1.58. The Bertz CT molecular complexity index is 279. The number of nitrogens with one attached hydrogen (secondary N) is 2. The molecule has 0 saturated carbocycles. The molecular formula is C6H8N4O4. The minimum absolute atomic E-state index is 0.687. The SMILES string of the molecule is N=C(N)OC(=O)/C=C\C(=O)OC(=N)N. The van der Waals surface area contributed by atoms with Gasteiger partial charge in [-0.25, -0.2) is 9.59 Å². The van der Waals surface area contributed by atoms with Crippen LogP contribution in [0.25, 0.3) is 0 Å². The number of carbonyl (C=O) groups is 2.